The maximum atomic E-state index is 11.7. The Hall–Kier alpha value is -2.04. The van der Waals surface area contributed by atoms with Crippen molar-refractivity contribution in [2.75, 3.05) is 0 Å². The summed E-state index contributed by atoms with van der Waals surface area (Å²) in [6, 6.07) is 3.75. The second kappa shape index (κ2) is 6.64. The quantitative estimate of drug-likeness (QED) is 0.426. The molecule has 0 unspecified atom stereocenters. The minimum absolute atomic E-state index is 0.00436. The molecule has 0 bridgehead atoms. The highest BCUT2D eigenvalue weighted by atomic mass is 16.3. The number of amides is 1. The van der Waals surface area contributed by atoms with E-state index in [9.17, 15) is 15.0 Å². The number of carbonyl (C=O) groups is 1. The fourth-order valence-electron chi connectivity index (χ4n) is 1.52. The van der Waals surface area contributed by atoms with Crippen LogP contribution in [-0.4, -0.2) is 22.3 Å². The Morgan fingerprint density at radius 1 is 1.50 bits per heavy atom. The van der Waals surface area contributed by atoms with Crippen molar-refractivity contribution in [2.45, 2.75) is 26.7 Å². The molecule has 0 heterocycles. The molecule has 0 aliphatic rings. The predicted octanol–water partition coefficient (Wildman–Crippen LogP) is 2.25. The molecular weight excluding hydrogens is 232 g/mol. The van der Waals surface area contributed by atoms with Crippen LogP contribution >= 0.6 is 0 Å². The van der Waals surface area contributed by atoms with Gasteiger partial charge >= 0.3 is 0 Å². The number of hydrogen-bond donors (Lipinski definition) is 3. The van der Waals surface area contributed by atoms with Gasteiger partial charge in [-0.15, -0.1) is 0 Å². The Kier molecular flexibility index (Phi) is 5.17. The summed E-state index contributed by atoms with van der Waals surface area (Å²) in [4.78, 5) is 11.7. The zero-order chi connectivity index (χ0) is 13.5. The number of nitrogens with one attached hydrogen (secondary N) is 1. The third kappa shape index (κ3) is 4.08. The molecular formula is C13H18N2O3. The van der Waals surface area contributed by atoms with Crippen molar-refractivity contribution in [3.8, 4) is 11.5 Å². The van der Waals surface area contributed by atoms with Gasteiger partial charge in [0, 0.05) is 6.21 Å². The first-order chi connectivity index (χ1) is 8.54. The van der Waals surface area contributed by atoms with Gasteiger partial charge in [-0.05, 0) is 30.5 Å². The standard InChI is InChI=1S/C13H18N2O3/c1-3-4-9(2)8-14-15-13(18)11-7-10(16)5-6-12(11)17/h5-9,16-17H,3-4H2,1-2H3,(H,15,18)/b14-8-/t9-/m0/s1. The summed E-state index contributed by atoms with van der Waals surface area (Å²) in [6.07, 6.45) is 3.70. The number of hydrogen-bond acceptors (Lipinski definition) is 4. The van der Waals surface area contributed by atoms with Gasteiger partial charge < -0.3 is 10.2 Å². The van der Waals surface area contributed by atoms with E-state index in [1.54, 1.807) is 6.21 Å². The molecule has 5 heteroatoms. The summed E-state index contributed by atoms with van der Waals surface area (Å²) in [5.74, 6) is -0.542. The van der Waals surface area contributed by atoms with Crippen molar-refractivity contribution in [3.05, 3.63) is 23.8 Å². The van der Waals surface area contributed by atoms with E-state index in [0.29, 0.717) is 0 Å². The minimum atomic E-state index is -0.552. The van der Waals surface area contributed by atoms with Gasteiger partial charge in [-0.3, -0.25) is 4.79 Å². The lowest BCUT2D eigenvalue weighted by atomic mass is 10.1. The molecule has 0 aromatic heterocycles. The lowest BCUT2D eigenvalue weighted by Gasteiger charge is -2.05. The number of phenolic OH excluding ortho intramolecular Hbond substituents is 2. The van der Waals surface area contributed by atoms with Crippen molar-refractivity contribution >= 4 is 12.1 Å². The van der Waals surface area contributed by atoms with Gasteiger partial charge in [0.2, 0.25) is 0 Å². The molecule has 0 radical (unpaired) electrons. The average molecular weight is 250 g/mol. The van der Waals surface area contributed by atoms with Crippen LogP contribution < -0.4 is 5.43 Å². The number of carbonyl (C=O) groups excluding carboxylic acids is 1. The SMILES string of the molecule is CCC[C@H](C)/C=N\NC(=O)c1cc(O)ccc1O. The first kappa shape index (κ1) is 14.0. The molecule has 0 spiro atoms. The largest absolute Gasteiger partial charge is 0.508 e. The molecule has 1 aromatic rings. The topological polar surface area (TPSA) is 81.9 Å². The van der Waals surface area contributed by atoms with Crippen molar-refractivity contribution in [1.82, 2.24) is 5.43 Å². The second-order valence-electron chi connectivity index (χ2n) is 4.19. The summed E-state index contributed by atoms with van der Waals surface area (Å²) < 4.78 is 0. The molecule has 0 aliphatic carbocycles. The van der Waals surface area contributed by atoms with Gasteiger partial charge in [0.15, 0.2) is 0 Å². The molecule has 1 atom stereocenters. The van der Waals surface area contributed by atoms with E-state index in [4.69, 9.17) is 0 Å². The Labute approximate surface area is 106 Å². The van der Waals surface area contributed by atoms with Crippen LogP contribution in [0.4, 0.5) is 0 Å². The van der Waals surface area contributed by atoms with Crippen molar-refractivity contribution in [3.63, 3.8) is 0 Å². The maximum absolute atomic E-state index is 11.7. The van der Waals surface area contributed by atoms with Gasteiger partial charge in [0.1, 0.15) is 11.5 Å². The van der Waals surface area contributed by atoms with Crippen LogP contribution in [0, 0.1) is 5.92 Å². The minimum Gasteiger partial charge on any atom is -0.508 e. The number of benzene rings is 1. The highest BCUT2D eigenvalue weighted by Crippen LogP contribution is 2.21. The number of hydrazone groups is 1. The van der Waals surface area contributed by atoms with Gasteiger partial charge in [-0.1, -0.05) is 20.3 Å². The summed E-state index contributed by atoms with van der Waals surface area (Å²) in [7, 11) is 0. The third-order valence-corrected chi connectivity index (χ3v) is 2.46. The smallest absolute Gasteiger partial charge is 0.275 e. The van der Waals surface area contributed by atoms with E-state index in [1.807, 2.05) is 6.92 Å². The Balaban J connectivity index is 2.63. The monoisotopic (exact) mass is 250 g/mol. The highest BCUT2D eigenvalue weighted by molar-refractivity contribution is 5.97. The van der Waals surface area contributed by atoms with Crippen LogP contribution in [0.1, 0.15) is 37.0 Å². The van der Waals surface area contributed by atoms with Gasteiger partial charge in [0.05, 0.1) is 5.56 Å². The summed E-state index contributed by atoms with van der Waals surface area (Å²) in [5.41, 5.74) is 2.31. The van der Waals surface area contributed by atoms with Crippen LogP contribution in [0.2, 0.25) is 0 Å². The molecule has 0 saturated carbocycles. The normalized spacial score (nSPS) is 12.6. The Bertz CT molecular complexity index is 444. The summed E-state index contributed by atoms with van der Waals surface area (Å²) in [6.45, 7) is 4.08. The van der Waals surface area contributed by atoms with Crippen LogP contribution in [0.25, 0.3) is 0 Å². The lowest BCUT2D eigenvalue weighted by molar-refractivity contribution is 0.0952. The molecule has 18 heavy (non-hydrogen) atoms. The van der Waals surface area contributed by atoms with Gasteiger partial charge in [-0.2, -0.15) is 5.10 Å². The van der Waals surface area contributed by atoms with Crippen LogP contribution in [-0.2, 0) is 0 Å². The van der Waals surface area contributed by atoms with Crippen LogP contribution in [0.5, 0.6) is 11.5 Å². The van der Waals surface area contributed by atoms with Crippen LogP contribution in [0.15, 0.2) is 23.3 Å². The lowest BCUT2D eigenvalue weighted by Crippen LogP contribution is -2.18. The first-order valence-electron chi connectivity index (χ1n) is 5.90. The Morgan fingerprint density at radius 3 is 2.89 bits per heavy atom. The molecule has 1 amide bonds. The zero-order valence-electron chi connectivity index (χ0n) is 10.6. The van der Waals surface area contributed by atoms with Gasteiger partial charge in [0.25, 0.3) is 5.91 Å². The van der Waals surface area contributed by atoms with E-state index in [1.165, 1.54) is 18.2 Å². The number of nitrogens with zero attached hydrogens (tertiary/aromatic N) is 1. The van der Waals surface area contributed by atoms with Crippen molar-refractivity contribution in [1.29, 1.82) is 0 Å². The molecule has 98 valence electrons. The van der Waals surface area contributed by atoms with Crippen molar-refractivity contribution in [2.24, 2.45) is 11.0 Å². The second-order valence-corrected chi connectivity index (χ2v) is 4.19. The van der Waals surface area contributed by atoms with Gasteiger partial charge in [-0.25, -0.2) is 5.43 Å². The first-order valence-corrected chi connectivity index (χ1v) is 5.90. The molecule has 5 nitrogen and oxygen atoms in total. The summed E-state index contributed by atoms with van der Waals surface area (Å²) >= 11 is 0. The number of aromatic hydroxyl groups is 2. The molecule has 1 aromatic carbocycles. The Morgan fingerprint density at radius 2 is 2.22 bits per heavy atom. The van der Waals surface area contributed by atoms with E-state index < -0.39 is 5.91 Å². The molecule has 3 N–H and O–H groups in total. The highest BCUT2D eigenvalue weighted by Gasteiger charge is 2.11. The maximum Gasteiger partial charge on any atom is 0.275 e. The fraction of sp³-hybridized carbons (Fsp3) is 0.385. The average Bonchev–Trinajstić information content (AvgIpc) is 2.32. The molecule has 0 aliphatic heterocycles. The van der Waals surface area contributed by atoms with Crippen molar-refractivity contribution < 1.29 is 15.0 Å². The molecule has 0 saturated heterocycles. The zero-order valence-corrected chi connectivity index (χ0v) is 10.6. The summed E-state index contributed by atoms with van der Waals surface area (Å²) in [5, 5.41) is 22.5. The van der Waals surface area contributed by atoms with E-state index in [0.717, 1.165) is 12.8 Å². The van der Waals surface area contributed by atoms with E-state index >= 15 is 0 Å². The fourth-order valence-corrected chi connectivity index (χ4v) is 1.52. The van der Waals surface area contributed by atoms with Crippen LogP contribution in [0.3, 0.4) is 0 Å². The predicted molar refractivity (Wildman–Crippen MR) is 69.8 cm³/mol. The third-order valence-electron chi connectivity index (χ3n) is 2.46. The van der Waals surface area contributed by atoms with E-state index in [2.05, 4.69) is 17.5 Å². The number of rotatable bonds is 5. The number of phenols is 2. The molecule has 1 rings (SSSR count). The van der Waals surface area contributed by atoms with E-state index in [-0.39, 0.29) is 23.0 Å². The molecule has 0 fully saturated rings.